The maximum Gasteiger partial charge on any atom is 0.294 e. The first-order chi connectivity index (χ1) is 7.00. The Morgan fingerprint density at radius 2 is 1.31 bits per heavy atom. The van der Waals surface area contributed by atoms with Crippen molar-refractivity contribution in [1.29, 1.82) is 0 Å². The fourth-order valence-electron chi connectivity index (χ4n) is 0.710. The monoisotopic (exact) mass is 286 g/mol. The highest BCUT2D eigenvalue weighted by Gasteiger charge is 2.06. The highest BCUT2D eigenvalue weighted by atomic mass is 32.9. The third-order valence-corrected chi connectivity index (χ3v) is 2.19. The van der Waals surface area contributed by atoms with Crippen LogP contribution in [0.25, 0.3) is 0 Å². The fraction of sp³-hybridized carbons (Fsp3) is 0.143. The molecule has 3 N–H and O–H groups in total. The molecule has 9 heteroatoms. The molecule has 0 atom stereocenters. The van der Waals surface area contributed by atoms with E-state index in [1.807, 2.05) is 6.92 Å². The van der Waals surface area contributed by atoms with Gasteiger partial charge in [-0.3, -0.25) is 13.7 Å². The van der Waals surface area contributed by atoms with Gasteiger partial charge in [0.05, 0.1) is 4.90 Å². The molecule has 0 aliphatic carbocycles. The van der Waals surface area contributed by atoms with Gasteiger partial charge in [0.2, 0.25) is 0 Å². The van der Waals surface area contributed by atoms with Gasteiger partial charge < -0.3 is 0 Å². The molecule has 0 aliphatic heterocycles. The average molecular weight is 286 g/mol. The Balaban J connectivity index is 0.000000385. The summed E-state index contributed by atoms with van der Waals surface area (Å²) in [6.07, 6.45) is 0. The highest BCUT2D eigenvalue weighted by Crippen LogP contribution is 2.08. The number of hydrogen-bond acceptors (Lipinski definition) is 4. The van der Waals surface area contributed by atoms with Crippen LogP contribution in [0.2, 0.25) is 0 Å². The van der Waals surface area contributed by atoms with E-state index in [1.54, 1.807) is 12.1 Å². The van der Waals surface area contributed by atoms with Gasteiger partial charge in [0.15, 0.2) is 0 Å². The van der Waals surface area contributed by atoms with Crippen molar-refractivity contribution in [2.24, 2.45) is 0 Å². The third-order valence-electron chi connectivity index (χ3n) is 1.32. The minimum absolute atomic E-state index is 0.0666. The van der Waals surface area contributed by atoms with Crippen molar-refractivity contribution in [2.45, 2.75) is 11.8 Å². The van der Waals surface area contributed by atoms with Crippen LogP contribution < -0.4 is 0 Å². The molecular formula is C7H10O6S3. The van der Waals surface area contributed by atoms with E-state index in [1.165, 1.54) is 12.1 Å². The first kappa shape index (κ1) is 15.4. The standard InChI is InChI=1S/C7H8O3S.H2O3S2/c1-6-2-4-7(5-3-6)11(8,9)10;1-5(2,3)4/h2-5H,1H3,(H,8,9,10);(H2,1,2,3,4). The molecule has 1 aromatic rings. The average Bonchev–Trinajstić information content (AvgIpc) is 1.99. The summed E-state index contributed by atoms with van der Waals surface area (Å²) in [6.45, 7) is 1.84. The molecule has 1 rings (SSSR count). The Bertz CT molecular complexity index is 520. The summed E-state index contributed by atoms with van der Waals surface area (Å²) in [7, 11) is -7.85. The first-order valence-corrected chi connectivity index (χ1v) is 7.58. The summed E-state index contributed by atoms with van der Waals surface area (Å²) in [5, 5.41) is 0. The number of benzene rings is 1. The second-order valence-electron chi connectivity index (χ2n) is 2.74. The number of rotatable bonds is 1. The Morgan fingerprint density at radius 1 is 1.00 bits per heavy atom. The van der Waals surface area contributed by atoms with Crippen LogP contribution in [0, 0.1) is 6.92 Å². The predicted molar refractivity (Wildman–Crippen MR) is 61.8 cm³/mol. The largest absolute Gasteiger partial charge is 0.294 e. The molecule has 92 valence electrons. The summed E-state index contributed by atoms with van der Waals surface area (Å²) < 4.78 is 53.5. The lowest BCUT2D eigenvalue weighted by atomic mass is 10.2. The van der Waals surface area contributed by atoms with Gasteiger partial charge in [-0.1, -0.05) is 17.7 Å². The van der Waals surface area contributed by atoms with Gasteiger partial charge >= 0.3 is 0 Å². The molecule has 6 nitrogen and oxygen atoms in total. The lowest BCUT2D eigenvalue weighted by Gasteiger charge is -1.95. The van der Waals surface area contributed by atoms with Crippen molar-refractivity contribution in [3.63, 3.8) is 0 Å². The summed E-state index contributed by atoms with van der Waals surface area (Å²) in [6, 6.07) is 5.99. The molecule has 0 saturated carbocycles. The predicted octanol–water partition coefficient (Wildman–Crippen LogP) is 0.920. The van der Waals surface area contributed by atoms with Gasteiger partial charge in [-0.25, -0.2) is 0 Å². The highest BCUT2D eigenvalue weighted by molar-refractivity contribution is 8.26. The van der Waals surface area contributed by atoms with Crippen LogP contribution in [0.1, 0.15) is 5.56 Å². The molecular weight excluding hydrogens is 276 g/mol. The van der Waals surface area contributed by atoms with E-state index >= 15 is 0 Å². The zero-order chi connectivity index (χ0) is 13.0. The molecule has 0 heterocycles. The van der Waals surface area contributed by atoms with E-state index in [0.29, 0.717) is 0 Å². The van der Waals surface area contributed by atoms with Gasteiger partial charge in [0, 0.05) is 11.2 Å². The normalized spacial score (nSPS) is 11.5. The van der Waals surface area contributed by atoms with Crippen molar-refractivity contribution < 1.29 is 26.3 Å². The number of hydrogen-bond donors (Lipinski definition) is 3. The van der Waals surface area contributed by atoms with E-state index in [-0.39, 0.29) is 4.90 Å². The third kappa shape index (κ3) is 8.71. The van der Waals surface area contributed by atoms with Gasteiger partial charge in [0.25, 0.3) is 19.2 Å². The van der Waals surface area contributed by atoms with Crippen LogP contribution in [0.3, 0.4) is 0 Å². The second-order valence-corrected chi connectivity index (χ2v) is 6.36. The van der Waals surface area contributed by atoms with Crippen molar-refractivity contribution in [3.05, 3.63) is 29.8 Å². The van der Waals surface area contributed by atoms with Crippen molar-refractivity contribution in [1.82, 2.24) is 0 Å². The van der Waals surface area contributed by atoms with E-state index in [2.05, 4.69) is 11.2 Å². The Labute approximate surface area is 98.4 Å². The summed E-state index contributed by atoms with van der Waals surface area (Å²) in [4.78, 5) is -0.0666. The zero-order valence-electron chi connectivity index (χ0n) is 8.10. The van der Waals surface area contributed by atoms with E-state index in [4.69, 9.17) is 17.9 Å². The van der Waals surface area contributed by atoms with E-state index in [9.17, 15) is 8.42 Å². The SMILES string of the molecule is Cc1ccc(S(=O)(=O)O)cc1.O=S(O)(O)=S. The molecule has 0 radical (unpaired) electrons. The Kier molecular flexibility index (Phi) is 5.46. The van der Waals surface area contributed by atoms with Gasteiger partial charge in [-0.05, 0) is 19.1 Å². The smallest absolute Gasteiger partial charge is 0.285 e. The van der Waals surface area contributed by atoms with Crippen LogP contribution in [0.4, 0.5) is 0 Å². The van der Waals surface area contributed by atoms with Crippen molar-refractivity contribution >= 4 is 30.4 Å². The summed E-state index contributed by atoms with van der Waals surface area (Å²) >= 11 is 3.47. The van der Waals surface area contributed by atoms with Gasteiger partial charge in [-0.2, -0.15) is 12.6 Å². The molecule has 0 amide bonds. The fourth-order valence-corrected chi connectivity index (χ4v) is 1.19. The van der Waals surface area contributed by atoms with Crippen LogP contribution >= 0.6 is 0 Å². The van der Waals surface area contributed by atoms with Crippen LogP contribution in [-0.2, 0) is 30.4 Å². The van der Waals surface area contributed by atoms with Gasteiger partial charge in [0.1, 0.15) is 0 Å². The Hall–Kier alpha value is -0.580. The number of aryl methyl sites for hydroxylation is 1. The molecule has 0 saturated heterocycles. The minimum atomic E-state index is -4.02. The van der Waals surface area contributed by atoms with Crippen molar-refractivity contribution in [2.75, 3.05) is 0 Å². The van der Waals surface area contributed by atoms with Crippen LogP contribution in [0.5, 0.6) is 0 Å². The first-order valence-electron chi connectivity index (χ1n) is 3.74. The maximum atomic E-state index is 10.5. The van der Waals surface area contributed by atoms with Crippen LogP contribution in [-0.4, -0.2) is 26.3 Å². The molecule has 16 heavy (non-hydrogen) atoms. The van der Waals surface area contributed by atoms with E-state index < -0.39 is 19.2 Å². The van der Waals surface area contributed by atoms with Crippen molar-refractivity contribution in [3.8, 4) is 0 Å². The molecule has 1 aromatic carbocycles. The lowest BCUT2D eigenvalue weighted by molar-refractivity contribution is 0.450. The Morgan fingerprint density at radius 3 is 1.56 bits per heavy atom. The molecule has 0 aromatic heterocycles. The summed E-state index contributed by atoms with van der Waals surface area (Å²) in [5.41, 5.74) is 0.956. The maximum absolute atomic E-state index is 10.5. The quantitative estimate of drug-likeness (QED) is 0.658. The van der Waals surface area contributed by atoms with Crippen LogP contribution in [0.15, 0.2) is 29.2 Å². The second kappa shape index (κ2) is 5.66. The molecule has 0 fully saturated rings. The molecule has 0 spiro atoms. The van der Waals surface area contributed by atoms with Gasteiger partial charge in [-0.15, -0.1) is 0 Å². The molecule has 0 bridgehead atoms. The molecule has 0 aliphatic rings. The zero-order valence-corrected chi connectivity index (χ0v) is 10.6. The minimum Gasteiger partial charge on any atom is -0.285 e. The molecule has 0 unspecified atom stereocenters. The van der Waals surface area contributed by atoms with E-state index in [0.717, 1.165) is 5.56 Å². The topological polar surface area (TPSA) is 112 Å². The summed E-state index contributed by atoms with van der Waals surface area (Å²) in [5.74, 6) is 0. The lowest BCUT2D eigenvalue weighted by Crippen LogP contribution is -1.96.